The molecule has 0 amide bonds. The van der Waals surface area contributed by atoms with E-state index < -0.39 is 12.1 Å². The fraction of sp³-hybridized carbons (Fsp3) is 0.462. The second-order valence-electron chi connectivity index (χ2n) is 4.47. The van der Waals surface area contributed by atoms with Gasteiger partial charge in [-0.25, -0.2) is 4.79 Å². The predicted octanol–water partition coefficient (Wildman–Crippen LogP) is 3.66. The van der Waals surface area contributed by atoms with E-state index in [2.05, 4.69) is 0 Å². The number of carboxylic acid groups (broad SMARTS) is 1. The van der Waals surface area contributed by atoms with Crippen molar-refractivity contribution in [1.29, 1.82) is 0 Å². The Hall–Kier alpha value is -0.770. The van der Waals surface area contributed by atoms with Crippen molar-refractivity contribution in [1.82, 2.24) is 0 Å². The van der Waals surface area contributed by atoms with E-state index in [1.807, 2.05) is 13.8 Å². The van der Waals surface area contributed by atoms with Crippen LogP contribution in [0.1, 0.15) is 19.4 Å². The molecule has 3 nitrogen and oxygen atoms in total. The van der Waals surface area contributed by atoms with Crippen molar-refractivity contribution in [2.45, 2.75) is 26.4 Å². The van der Waals surface area contributed by atoms with E-state index in [4.69, 9.17) is 33.0 Å². The molecule has 1 atom stereocenters. The molecule has 0 aliphatic heterocycles. The van der Waals surface area contributed by atoms with Gasteiger partial charge in [-0.3, -0.25) is 0 Å². The molecular formula is C13H16Cl2O3. The lowest BCUT2D eigenvalue weighted by Crippen LogP contribution is -2.28. The molecule has 0 aromatic heterocycles. The molecule has 1 unspecified atom stereocenters. The molecule has 5 heteroatoms. The second kappa shape index (κ2) is 6.98. The fourth-order valence-corrected chi connectivity index (χ4v) is 1.83. The smallest absolute Gasteiger partial charge is 0.333 e. The Bertz CT molecular complexity index is 419. The largest absolute Gasteiger partial charge is 0.479 e. The first-order valence-electron chi connectivity index (χ1n) is 5.69. The third-order valence-corrected chi connectivity index (χ3v) is 3.20. The maximum Gasteiger partial charge on any atom is 0.333 e. The van der Waals surface area contributed by atoms with Crippen molar-refractivity contribution in [3.05, 3.63) is 33.8 Å². The maximum atomic E-state index is 11.1. The Kier molecular flexibility index (Phi) is 5.93. The van der Waals surface area contributed by atoms with Gasteiger partial charge in [-0.1, -0.05) is 49.2 Å². The highest BCUT2D eigenvalue weighted by Crippen LogP contribution is 2.26. The molecule has 0 bridgehead atoms. The number of ether oxygens (including phenoxy) is 1. The highest BCUT2D eigenvalue weighted by molar-refractivity contribution is 6.42. The monoisotopic (exact) mass is 290 g/mol. The fourth-order valence-electron chi connectivity index (χ4n) is 1.43. The van der Waals surface area contributed by atoms with Crippen molar-refractivity contribution in [2.75, 3.05) is 6.61 Å². The molecule has 0 spiro atoms. The van der Waals surface area contributed by atoms with Crippen LogP contribution in [0.4, 0.5) is 0 Å². The van der Waals surface area contributed by atoms with Gasteiger partial charge < -0.3 is 9.84 Å². The summed E-state index contributed by atoms with van der Waals surface area (Å²) in [4.78, 5) is 11.1. The second-order valence-corrected chi connectivity index (χ2v) is 5.26. The van der Waals surface area contributed by atoms with Gasteiger partial charge in [0.1, 0.15) is 0 Å². The van der Waals surface area contributed by atoms with E-state index in [0.29, 0.717) is 22.2 Å². The van der Waals surface area contributed by atoms with Crippen LogP contribution in [0.5, 0.6) is 0 Å². The lowest BCUT2D eigenvalue weighted by Gasteiger charge is -2.16. The Labute approximate surface area is 117 Å². The van der Waals surface area contributed by atoms with Crippen molar-refractivity contribution in [2.24, 2.45) is 5.92 Å². The number of halogens is 2. The van der Waals surface area contributed by atoms with Gasteiger partial charge in [0.2, 0.25) is 0 Å². The Morgan fingerprint density at radius 1 is 1.39 bits per heavy atom. The SMILES string of the molecule is CC(C)COC(Cc1cccc(Cl)c1Cl)C(=O)O. The maximum absolute atomic E-state index is 11.1. The van der Waals surface area contributed by atoms with Crippen LogP contribution < -0.4 is 0 Å². The van der Waals surface area contributed by atoms with Crippen LogP contribution in [-0.2, 0) is 16.0 Å². The summed E-state index contributed by atoms with van der Waals surface area (Å²) in [6.45, 7) is 4.33. The number of hydrogen-bond donors (Lipinski definition) is 1. The number of aliphatic carboxylic acids is 1. The van der Waals surface area contributed by atoms with Crippen LogP contribution in [0, 0.1) is 5.92 Å². The van der Waals surface area contributed by atoms with Crippen molar-refractivity contribution in [3.8, 4) is 0 Å². The zero-order valence-electron chi connectivity index (χ0n) is 10.3. The third kappa shape index (κ3) is 4.48. The van der Waals surface area contributed by atoms with Gasteiger partial charge in [0.05, 0.1) is 16.7 Å². The van der Waals surface area contributed by atoms with Gasteiger partial charge in [0, 0.05) is 6.42 Å². The topological polar surface area (TPSA) is 46.5 Å². The first kappa shape index (κ1) is 15.3. The number of benzene rings is 1. The minimum Gasteiger partial charge on any atom is -0.479 e. The molecule has 1 aromatic rings. The summed E-state index contributed by atoms with van der Waals surface area (Å²) in [5.74, 6) is -0.714. The molecular weight excluding hydrogens is 275 g/mol. The summed E-state index contributed by atoms with van der Waals surface area (Å²) in [6, 6.07) is 5.16. The standard InChI is InChI=1S/C13H16Cl2O3/c1-8(2)7-18-11(13(16)17)6-9-4-3-5-10(14)12(9)15/h3-5,8,11H,6-7H2,1-2H3,(H,16,17). The Morgan fingerprint density at radius 2 is 2.06 bits per heavy atom. The number of carbonyl (C=O) groups is 1. The van der Waals surface area contributed by atoms with Crippen molar-refractivity contribution >= 4 is 29.2 Å². The number of hydrogen-bond acceptors (Lipinski definition) is 2. The molecule has 0 saturated carbocycles. The lowest BCUT2D eigenvalue weighted by atomic mass is 10.1. The van der Waals surface area contributed by atoms with Crippen molar-refractivity contribution < 1.29 is 14.6 Å². The minimum absolute atomic E-state index is 0.210. The highest BCUT2D eigenvalue weighted by atomic mass is 35.5. The van der Waals surface area contributed by atoms with E-state index in [0.717, 1.165) is 0 Å². The van der Waals surface area contributed by atoms with Gasteiger partial charge in [0.15, 0.2) is 6.10 Å². The third-order valence-electron chi connectivity index (χ3n) is 2.34. The Balaban J connectivity index is 2.77. The molecule has 1 N–H and O–H groups in total. The normalized spacial score (nSPS) is 12.7. The van der Waals surface area contributed by atoms with E-state index >= 15 is 0 Å². The van der Waals surface area contributed by atoms with Gasteiger partial charge >= 0.3 is 5.97 Å². The molecule has 1 aromatic carbocycles. The highest BCUT2D eigenvalue weighted by Gasteiger charge is 2.20. The molecule has 0 aliphatic rings. The van der Waals surface area contributed by atoms with Gasteiger partial charge in [-0.15, -0.1) is 0 Å². The van der Waals surface area contributed by atoms with Crippen LogP contribution in [0.3, 0.4) is 0 Å². The first-order valence-corrected chi connectivity index (χ1v) is 6.44. The zero-order chi connectivity index (χ0) is 13.7. The summed E-state index contributed by atoms with van der Waals surface area (Å²) in [5, 5.41) is 9.91. The van der Waals surface area contributed by atoms with Crippen LogP contribution in [-0.4, -0.2) is 23.8 Å². The lowest BCUT2D eigenvalue weighted by molar-refractivity contribution is -0.150. The van der Waals surface area contributed by atoms with Crippen LogP contribution >= 0.6 is 23.2 Å². The molecule has 0 fully saturated rings. The average Bonchev–Trinajstić information content (AvgIpc) is 2.29. The quantitative estimate of drug-likeness (QED) is 0.870. The molecule has 0 saturated heterocycles. The van der Waals surface area contributed by atoms with Gasteiger partial charge in [-0.2, -0.15) is 0 Å². The molecule has 100 valence electrons. The number of carboxylic acids is 1. The summed E-state index contributed by atoms with van der Waals surface area (Å²) >= 11 is 11.9. The summed E-state index contributed by atoms with van der Waals surface area (Å²) in [5.41, 5.74) is 0.681. The van der Waals surface area contributed by atoms with E-state index in [1.54, 1.807) is 18.2 Å². The molecule has 0 radical (unpaired) electrons. The molecule has 18 heavy (non-hydrogen) atoms. The van der Waals surface area contributed by atoms with E-state index in [9.17, 15) is 4.79 Å². The van der Waals surface area contributed by atoms with Gasteiger partial charge in [-0.05, 0) is 17.5 Å². The molecule has 0 aliphatic carbocycles. The molecule has 0 heterocycles. The van der Waals surface area contributed by atoms with E-state index in [-0.39, 0.29) is 12.3 Å². The molecule has 1 rings (SSSR count). The van der Waals surface area contributed by atoms with Gasteiger partial charge in [0.25, 0.3) is 0 Å². The van der Waals surface area contributed by atoms with Crippen LogP contribution in [0.15, 0.2) is 18.2 Å². The number of rotatable bonds is 6. The average molecular weight is 291 g/mol. The Morgan fingerprint density at radius 3 is 2.61 bits per heavy atom. The zero-order valence-corrected chi connectivity index (χ0v) is 11.8. The summed E-state index contributed by atoms with van der Waals surface area (Å²) < 4.78 is 5.36. The first-order chi connectivity index (χ1) is 8.41. The van der Waals surface area contributed by atoms with E-state index in [1.165, 1.54) is 0 Å². The van der Waals surface area contributed by atoms with Crippen molar-refractivity contribution in [3.63, 3.8) is 0 Å². The predicted molar refractivity (Wildman–Crippen MR) is 72.4 cm³/mol. The van der Waals surface area contributed by atoms with Crippen LogP contribution in [0.2, 0.25) is 10.0 Å². The summed E-state index contributed by atoms with van der Waals surface area (Å²) in [7, 11) is 0. The van der Waals surface area contributed by atoms with Crippen LogP contribution in [0.25, 0.3) is 0 Å². The minimum atomic E-state index is -0.994. The summed E-state index contributed by atoms with van der Waals surface area (Å²) in [6.07, 6.45) is -0.690.